The van der Waals surface area contributed by atoms with E-state index in [1.54, 1.807) is 0 Å². The second kappa shape index (κ2) is 3.35. The molecule has 1 fully saturated rings. The van der Waals surface area contributed by atoms with E-state index in [4.69, 9.17) is 11.6 Å². The second-order valence-corrected chi connectivity index (χ2v) is 4.03. The number of anilines is 1. The van der Waals surface area contributed by atoms with E-state index in [1.807, 2.05) is 24.3 Å². The number of hydrogen-bond acceptors (Lipinski definition) is 3. The Bertz CT molecular complexity index is 508. The van der Waals surface area contributed by atoms with Gasteiger partial charge in [-0.2, -0.15) is 0 Å². The van der Waals surface area contributed by atoms with Gasteiger partial charge in [0.25, 0.3) is 0 Å². The smallest absolute Gasteiger partial charge is 0.227 e. The van der Waals surface area contributed by atoms with Crippen molar-refractivity contribution < 1.29 is 0 Å². The zero-order valence-electron chi connectivity index (χ0n) is 8.15. The van der Waals surface area contributed by atoms with Gasteiger partial charge in [-0.05, 0) is 18.6 Å². The monoisotopic (exact) mass is 219 g/mol. The lowest BCUT2D eigenvalue weighted by molar-refractivity contribution is 0.602. The van der Waals surface area contributed by atoms with Crippen LogP contribution in [0.3, 0.4) is 0 Å². The summed E-state index contributed by atoms with van der Waals surface area (Å²) < 4.78 is 0. The fraction of sp³-hybridized carbons (Fsp3) is 0.273. The Morgan fingerprint density at radius 3 is 2.67 bits per heavy atom. The van der Waals surface area contributed by atoms with Gasteiger partial charge in [0.1, 0.15) is 5.15 Å². The summed E-state index contributed by atoms with van der Waals surface area (Å²) in [4.78, 5) is 10.9. The summed E-state index contributed by atoms with van der Waals surface area (Å²) in [6, 6.07) is 7.82. The highest BCUT2D eigenvalue weighted by atomic mass is 35.5. The van der Waals surface area contributed by atoms with Crippen molar-refractivity contribution in [2.45, 2.75) is 6.42 Å². The summed E-state index contributed by atoms with van der Waals surface area (Å²) in [5.74, 6) is 0.755. The molecule has 1 aromatic heterocycles. The van der Waals surface area contributed by atoms with Crippen LogP contribution in [0.25, 0.3) is 10.9 Å². The molecule has 0 unspecified atom stereocenters. The number of benzene rings is 1. The Morgan fingerprint density at radius 2 is 1.93 bits per heavy atom. The molecule has 2 heterocycles. The highest BCUT2D eigenvalue weighted by molar-refractivity contribution is 6.34. The minimum absolute atomic E-state index is 0.544. The van der Waals surface area contributed by atoms with Crippen molar-refractivity contribution >= 4 is 28.5 Å². The van der Waals surface area contributed by atoms with E-state index in [1.165, 1.54) is 6.42 Å². The molecule has 1 aliphatic heterocycles. The molecule has 0 bridgehead atoms. The standard InChI is InChI=1S/C11H10ClN3/c12-10-8-4-1-2-5-9(8)13-11(14-10)15-6-3-7-15/h1-2,4-5H,3,6-7H2. The van der Waals surface area contributed by atoms with Gasteiger partial charge in [0, 0.05) is 18.5 Å². The van der Waals surface area contributed by atoms with Crippen molar-refractivity contribution in [2.75, 3.05) is 18.0 Å². The number of fused-ring (bicyclic) bond motifs is 1. The molecule has 0 radical (unpaired) electrons. The summed E-state index contributed by atoms with van der Waals surface area (Å²) in [5, 5.41) is 1.46. The van der Waals surface area contributed by atoms with Gasteiger partial charge in [0.15, 0.2) is 0 Å². The van der Waals surface area contributed by atoms with Gasteiger partial charge >= 0.3 is 0 Å². The van der Waals surface area contributed by atoms with Crippen LogP contribution in [-0.4, -0.2) is 23.1 Å². The lowest BCUT2D eigenvalue weighted by Gasteiger charge is -2.30. The van der Waals surface area contributed by atoms with Gasteiger partial charge < -0.3 is 4.90 Å². The van der Waals surface area contributed by atoms with Crippen LogP contribution in [0.1, 0.15) is 6.42 Å². The van der Waals surface area contributed by atoms with E-state index in [0.717, 1.165) is 29.9 Å². The van der Waals surface area contributed by atoms with Crippen molar-refractivity contribution in [3.05, 3.63) is 29.4 Å². The average molecular weight is 220 g/mol. The fourth-order valence-electron chi connectivity index (χ4n) is 1.68. The Labute approximate surface area is 92.7 Å². The van der Waals surface area contributed by atoms with Gasteiger partial charge in [-0.1, -0.05) is 23.7 Å². The molecule has 0 spiro atoms. The minimum Gasteiger partial charge on any atom is -0.341 e. The molecule has 0 N–H and O–H groups in total. The van der Waals surface area contributed by atoms with E-state index in [9.17, 15) is 0 Å². The van der Waals surface area contributed by atoms with Gasteiger partial charge in [0.2, 0.25) is 5.95 Å². The third-order valence-electron chi connectivity index (χ3n) is 2.68. The van der Waals surface area contributed by atoms with Gasteiger partial charge in [0.05, 0.1) is 5.52 Å². The number of hydrogen-bond donors (Lipinski definition) is 0. The molecule has 15 heavy (non-hydrogen) atoms. The first kappa shape index (κ1) is 8.92. The SMILES string of the molecule is Clc1nc(N2CCC2)nc2ccccc12. The minimum atomic E-state index is 0.544. The maximum Gasteiger partial charge on any atom is 0.227 e. The van der Waals surface area contributed by atoms with Crippen molar-refractivity contribution in [1.29, 1.82) is 0 Å². The first-order valence-corrected chi connectivity index (χ1v) is 5.39. The Morgan fingerprint density at radius 1 is 1.13 bits per heavy atom. The predicted molar refractivity (Wildman–Crippen MR) is 61.4 cm³/mol. The Hall–Kier alpha value is -1.35. The molecule has 0 atom stereocenters. The van der Waals surface area contributed by atoms with Crippen LogP contribution in [-0.2, 0) is 0 Å². The van der Waals surface area contributed by atoms with Crippen LogP contribution in [0.15, 0.2) is 24.3 Å². The first-order valence-electron chi connectivity index (χ1n) is 5.02. The van der Waals surface area contributed by atoms with E-state index in [0.29, 0.717) is 5.15 Å². The lowest BCUT2D eigenvalue weighted by Crippen LogP contribution is -2.38. The largest absolute Gasteiger partial charge is 0.341 e. The molecule has 2 aromatic rings. The zero-order valence-corrected chi connectivity index (χ0v) is 8.91. The van der Waals surface area contributed by atoms with Gasteiger partial charge in [-0.3, -0.25) is 0 Å². The molecule has 76 valence electrons. The normalized spacial score (nSPS) is 15.4. The molecule has 3 nitrogen and oxygen atoms in total. The molecule has 3 rings (SSSR count). The summed E-state index contributed by atoms with van der Waals surface area (Å²) in [7, 11) is 0. The quantitative estimate of drug-likeness (QED) is 0.690. The van der Waals surface area contributed by atoms with E-state index < -0.39 is 0 Å². The zero-order chi connectivity index (χ0) is 10.3. The van der Waals surface area contributed by atoms with E-state index in [2.05, 4.69) is 14.9 Å². The van der Waals surface area contributed by atoms with Crippen molar-refractivity contribution in [3.8, 4) is 0 Å². The van der Waals surface area contributed by atoms with Crippen molar-refractivity contribution in [1.82, 2.24) is 9.97 Å². The molecule has 0 amide bonds. The van der Waals surface area contributed by atoms with Crippen LogP contribution >= 0.6 is 11.6 Å². The number of nitrogens with zero attached hydrogens (tertiary/aromatic N) is 3. The molecular weight excluding hydrogens is 210 g/mol. The van der Waals surface area contributed by atoms with Gasteiger partial charge in [-0.15, -0.1) is 0 Å². The highest BCUT2D eigenvalue weighted by Gasteiger charge is 2.18. The molecular formula is C11H10ClN3. The maximum atomic E-state index is 6.11. The van der Waals surface area contributed by atoms with Crippen molar-refractivity contribution in [3.63, 3.8) is 0 Å². The molecule has 0 saturated carbocycles. The second-order valence-electron chi connectivity index (χ2n) is 3.67. The van der Waals surface area contributed by atoms with Crippen LogP contribution in [0.2, 0.25) is 5.15 Å². The van der Waals surface area contributed by atoms with Crippen LogP contribution in [0, 0.1) is 0 Å². The number of para-hydroxylation sites is 1. The molecule has 1 aromatic carbocycles. The van der Waals surface area contributed by atoms with Crippen molar-refractivity contribution in [2.24, 2.45) is 0 Å². The lowest BCUT2D eigenvalue weighted by atomic mass is 10.2. The third kappa shape index (κ3) is 1.43. The molecule has 1 aliphatic rings. The average Bonchev–Trinajstić information content (AvgIpc) is 2.15. The van der Waals surface area contributed by atoms with Crippen LogP contribution in [0.5, 0.6) is 0 Å². The number of halogens is 1. The first-order chi connectivity index (χ1) is 7.34. The van der Waals surface area contributed by atoms with Crippen LogP contribution < -0.4 is 4.90 Å². The van der Waals surface area contributed by atoms with E-state index >= 15 is 0 Å². The predicted octanol–water partition coefficient (Wildman–Crippen LogP) is 2.49. The maximum absolute atomic E-state index is 6.11. The molecule has 4 heteroatoms. The summed E-state index contributed by atoms with van der Waals surface area (Å²) >= 11 is 6.11. The number of aromatic nitrogens is 2. The van der Waals surface area contributed by atoms with Gasteiger partial charge in [-0.25, -0.2) is 9.97 Å². The summed E-state index contributed by atoms with van der Waals surface area (Å²) in [5.41, 5.74) is 0.916. The highest BCUT2D eigenvalue weighted by Crippen LogP contribution is 2.24. The van der Waals surface area contributed by atoms with E-state index in [-0.39, 0.29) is 0 Å². The van der Waals surface area contributed by atoms with Crippen LogP contribution in [0.4, 0.5) is 5.95 Å². The summed E-state index contributed by atoms with van der Waals surface area (Å²) in [6.45, 7) is 2.07. The Kier molecular flexibility index (Phi) is 1.99. The Balaban J connectivity index is 2.18. The topological polar surface area (TPSA) is 29.0 Å². The summed E-state index contributed by atoms with van der Waals surface area (Å²) in [6.07, 6.45) is 1.22. The number of rotatable bonds is 1. The molecule has 0 aliphatic carbocycles. The molecule has 1 saturated heterocycles. The fourth-order valence-corrected chi connectivity index (χ4v) is 1.92. The third-order valence-corrected chi connectivity index (χ3v) is 2.97.